The molecule has 1 aliphatic heterocycles. The van der Waals surface area contributed by atoms with Crippen LogP contribution in [0.25, 0.3) is 0 Å². The summed E-state index contributed by atoms with van der Waals surface area (Å²) in [5.41, 5.74) is 4.38. The number of rotatable bonds is 3. The molecule has 0 aromatic carbocycles. The fourth-order valence-corrected chi connectivity index (χ4v) is 1.28. The smallest absolute Gasteiger partial charge is 0.242 e. The van der Waals surface area contributed by atoms with E-state index in [1.807, 2.05) is 0 Å². The van der Waals surface area contributed by atoms with Gasteiger partial charge in [-0.05, 0) is 20.3 Å². The SMILES string of the molecule is CC(C)(C#N)CNC(=O)C1(N)CCOC1. The highest BCUT2D eigenvalue weighted by molar-refractivity contribution is 5.86. The summed E-state index contributed by atoms with van der Waals surface area (Å²) in [6, 6.07) is 2.11. The summed E-state index contributed by atoms with van der Waals surface area (Å²) in [6.07, 6.45) is 0.534. The van der Waals surface area contributed by atoms with Crippen LogP contribution >= 0.6 is 0 Å². The van der Waals surface area contributed by atoms with E-state index in [2.05, 4.69) is 11.4 Å². The minimum Gasteiger partial charge on any atom is -0.379 e. The van der Waals surface area contributed by atoms with Gasteiger partial charge in [0.1, 0.15) is 5.54 Å². The fourth-order valence-electron chi connectivity index (χ4n) is 1.28. The molecule has 0 saturated carbocycles. The zero-order valence-corrected chi connectivity index (χ0v) is 9.17. The molecule has 0 bridgehead atoms. The van der Waals surface area contributed by atoms with E-state index in [1.165, 1.54) is 0 Å². The minimum atomic E-state index is -0.911. The molecule has 0 aromatic rings. The molecule has 0 aliphatic carbocycles. The Morgan fingerprint density at radius 3 is 2.87 bits per heavy atom. The second kappa shape index (κ2) is 4.17. The molecule has 1 unspecified atom stereocenters. The largest absolute Gasteiger partial charge is 0.379 e. The van der Waals surface area contributed by atoms with Crippen molar-refractivity contribution in [2.75, 3.05) is 19.8 Å². The highest BCUT2D eigenvalue weighted by Crippen LogP contribution is 2.17. The van der Waals surface area contributed by atoms with Crippen LogP contribution in [0.2, 0.25) is 0 Å². The first kappa shape index (κ1) is 12.0. The van der Waals surface area contributed by atoms with Gasteiger partial charge in [-0.15, -0.1) is 0 Å². The molecular weight excluding hydrogens is 194 g/mol. The fraction of sp³-hybridized carbons (Fsp3) is 0.800. The predicted octanol–water partition coefficient (Wildman–Crippen LogP) is -0.230. The van der Waals surface area contributed by atoms with Crippen LogP contribution in [0.1, 0.15) is 20.3 Å². The lowest BCUT2D eigenvalue weighted by Gasteiger charge is -2.23. The Kier molecular flexibility index (Phi) is 3.32. The van der Waals surface area contributed by atoms with E-state index in [9.17, 15) is 4.79 Å². The maximum absolute atomic E-state index is 11.7. The molecule has 1 amide bonds. The van der Waals surface area contributed by atoms with Crippen LogP contribution in [-0.4, -0.2) is 31.2 Å². The van der Waals surface area contributed by atoms with Crippen LogP contribution in [0.4, 0.5) is 0 Å². The van der Waals surface area contributed by atoms with E-state index in [1.54, 1.807) is 13.8 Å². The van der Waals surface area contributed by atoms with Gasteiger partial charge in [0.05, 0.1) is 18.1 Å². The quantitative estimate of drug-likeness (QED) is 0.675. The topological polar surface area (TPSA) is 88.1 Å². The Balaban J connectivity index is 2.47. The van der Waals surface area contributed by atoms with E-state index in [0.717, 1.165) is 0 Å². The molecule has 5 heteroatoms. The summed E-state index contributed by atoms with van der Waals surface area (Å²) >= 11 is 0. The predicted molar refractivity (Wildman–Crippen MR) is 54.8 cm³/mol. The molecule has 0 spiro atoms. The lowest BCUT2D eigenvalue weighted by Crippen LogP contribution is -2.55. The van der Waals surface area contributed by atoms with Crippen molar-refractivity contribution < 1.29 is 9.53 Å². The molecular formula is C10H17N3O2. The number of hydrogen-bond acceptors (Lipinski definition) is 4. The summed E-state index contributed by atoms with van der Waals surface area (Å²) in [4.78, 5) is 11.7. The van der Waals surface area contributed by atoms with Gasteiger partial charge in [-0.25, -0.2) is 0 Å². The van der Waals surface area contributed by atoms with Gasteiger partial charge in [0.2, 0.25) is 5.91 Å². The molecule has 15 heavy (non-hydrogen) atoms. The highest BCUT2D eigenvalue weighted by Gasteiger charge is 2.38. The molecule has 1 aliphatic rings. The first-order chi connectivity index (χ1) is 6.90. The van der Waals surface area contributed by atoms with Gasteiger partial charge < -0.3 is 15.8 Å². The molecule has 1 saturated heterocycles. The van der Waals surface area contributed by atoms with Gasteiger partial charge in [0.25, 0.3) is 0 Å². The van der Waals surface area contributed by atoms with Crippen LogP contribution < -0.4 is 11.1 Å². The van der Waals surface area contributed by atoms with Gasteiger partial charge in [0.15, 0.2) is 0 Å². The Hall–Kier alpha value is -1.12. The van der Waals surface area contributed by atoms with Crippen molar-refractivity contribution in [2.24, 2.45) is 11.1 Å². The summed E-state index contributed by atoms with van der Waals surface area (Å²) in [6.45, 7) is 4.61. The van der Waals surface area contributed by atoms with Crippen LogP contribution in [0.5, 0.6) is 0 Å². The van der Waals surface area contributed by atoms with E-state index in [-0.39, 0.29) is 12.5 Å². The van der Waals surface area contributed by atoms with Crippen LogP contribution in [0, 0.1) is 16.7 Å². The highest BCUT2D eigenvalue weighted by atomic mass is 16.5. The number of nitrogens with zero attached hydrogens (tertiary/aromatic N) is 1. The first-order valence-electron chi connectivity index (χ1n) is 4.96. The molecule has 0 radical (unpaired) electrons. The summed E-state index contributed by atoms with van der Waals surface area (Å²) in [5, 5.41) is 11.5. The lowest BCUT2D eigenvalue weighted by molar-refractivity contribution is -0.126. The van der Waals surface area contributed by atoms with Crippen molar-refractivity contribution >= 4 is 5.91 Å². The number of amides is 1. The van der Waals surface area contributed by atoms with E-state index in [0.29, 0.717) is 19.6 Å². The van der Waals surface area contributed by atoms with Crippen molar-refractivity contribution in [3.05, 3.63) is 0 Å². The Bertz CT molecular complexity index is 288. The normalized spacial score (nSPS) is 26.0. The standard InChI is InChI=1S/C10H17N3O2/c1-9(2,5-11)6-13-8(14)10(12)3-4-15-7-10/h3-4,6-7,12H2,1-2H3,(H,13,14). The van der Waals surface area contributed by atoms with E-state index < -0.39 is 11.0 Å². The zero-order chi connectivity index (χ0) is 11.5. The number of hydrogen-bond donors (Lipinski definition) is 2. The second-order valence-corrected chi connectivity index (χ2v) is 4.64. The number of ether oxygens (including phenoxy) is 1. The Morgan fingerprint density at radius 2 is 2.40 bits per heavy atom. The monoisotopic (exact) mass is 211 g/mol. The van der Waals surface area contributed by atoms with Crippen molar-refractivity contribution in [3.8, 4) is 6.07 Å². The maximum Gasteiger partial charge on any atom is 0.242 e. The molecule has 3 N–H and O–H groups in total. The molecule has 84 valence electrons. The lowest BCUT2D eigenvalue weighted by atomic mass is 9.94. The van der Waals surface area contributed by atoms with Gasteiger partial charge in [-0.2, -0.15) is 5.26 Å². The molecule has 5 nitrogen and oxygen atoms in total. The number of carbonyl (C=O) groups excluding carboxylic acids is 1. The van der Waals surface area contributed by atoms with Crippen LogP contribution in [0.3, 0.4) is 0 Å². The first-order valence-corrected chi connectivity index (χ1v) is 4.96. The molecule has 0 aromatic heterocycles. The second-order valence-electron chi connectivity index (χ2n) is 4.64. The number of carbonyl (C=O) groups is 1. The summed E-state index contributed by atoms with van der Waals surface area (Å²) < 4.78 is 5.09. The summed E-state index contributed by atoms with van der Waals surface area (Å²) in [5.74, 6) is -0.233. The van der Waals surface area contributed by atoms with Gasteiger partial charge >= 0.3 is 0 Å². The van der Waals surface area contributed by atoms with Crippen molar-refractivity contribution in [3.63, 3.8) is 0 Å². The van der Waals surface area contributed by atoms with Crippen LogP contribution in [0.15, 0.2) is 0 Å². The van der Waals surface area contributed by atoms with Gasteiger partial charge in [-0.3, -0.25) is 4.79 Å². The Labute approximate surface area is 89.6 Å². The molecule has 1 rings (SSSR count). The van der Waals surface area contributed by atoms with E-state index in [4.69, 9.17) is 15.7 Å². The van der Waals surface area contributed by atoms with Crippen molar-refractivity contribution in [2.45, 2.75) is 25.8 Å². The van der Waals surface area contributed by atoms with Crippen molar-refractivity contribution in [1.82, 2.24) is 5.32 Å². The molecule has 1 atom stereocenters. The van der Waals surface area contributed by atoms with E-state index >= 15 is 0 Å². The van der Waals surface area contributed by atoms with Crippen LogP contribution in [-0.2, 0) is 9.53 Å². The third kappa shape index (κ3) is 2.91. The average Bonchev–Trinajstić information content (AvgIpc) is 2.63. The van der Waals surface area contributed by atoms with Gasteiger partial charge in [-0.1, -0.05) is 0 Å². The Morgan fingerprint density at radius 1 is 1.73 bits per heavy atom. The number of nitrogens with two attached hydrogens (primary N) is 1. The number of nitriles is 1. The average molecular weight is 211 g/mol. The third-order valence-electron chi connectivity index (χ3n) is 2.50. The zero-order valence-electron chi connectivity index (χ0n) is 9.17. The molecule has 1 fully saturated rings. The number of nitrogens with one attached hydrogen (secondary N) is 1. The third-order valence-corrected chi connectivity index (χ3v) is 2.50. The maximum atomic E-state index is 11.7. The van der Waals surface area contributed by atoms with Crippen molar-refractivity contribution in [1.29, 1.82) is 5.26 Å². The molecule has 1 heterocycles. The minimum absolute atomic E-state index is 0.233. The van der Waals surface area contributed by atoms with Gasteiger partial charge in [0, 0.05) is 13.2 Å². The summed E-state index contributed by atoms with van der Waals surface area (Å²) in [7, 11) is 0.